The normalized spacial score (nSPS) is 14.4. The molecule has 1 rings (SSSR count). The maximum Gasteiger partial charge on any atom is 0.0328 e. The fraction of sp³-hybridized carbons (Fsp3) is 0.625. The Morgan fingerprint density at radius 3 is 2.44 bits per heavy atom. The molecule has 1 nitrogen and oxygen atoms in total. The van der Waals surface area contributed by atoms with Crippen molar-refractivity contribution >= 4 is 11.8 Å². The predicted molar refractivity (Wildman–Crippen MR) is 83.4 cm³/mol. The van der Waals surface area contributed by atoms with Gasteiger partial charge in [0.2, 0.25) is 0 Å². The Hall–Kier alpha value is -0.470. The summed E-state index contributed by atoms with van der Waals surface area (Å²) in [6, 6.07) is 9.36. The van der Waals surface area contributed by atoms with Crippen LogP contribution in [0.2, 0.25) is 0 Å². The summed E-state index contributed by atoms with van der Waals surface area (Å²) in [5.41, 5.74) is 1.47. The van der Waals surface area contributed by atoms with Crippen LogP contribution in [-0.2, 0) is 0 Å². The lowest BCUT2D eigenvalue weighted by Crippen LogP contribution is -2.22. The molecule has 2 heteroatoms. The summed E-state index contributed by atoms with van der Waals surface area (Å²) in [5, 5.41) is 4.34. The number of hydrogen-bond acceptors (Lipinski definition) is 2. The van der Waals surface area contributed by atoms with Crippen molar-refractivity contribution in [3.63, 3.8) is 0 Å². The van der Waals surface area contributed by atoms with E-state index in [0.29, 0.717) is 11.3 Å². The monoisotopic (exact) mass is 265 g/mol. The van der Waals surface area contributed by atoms with Crippen molar-refractivity contribution in [2.75, 3.05) is 6.54 Å². The third-order valence-electron chi connectivity index (χ3n) is 3.25. The van der Waals surface area contributed by atoms with Crippen molar-refractivity contribution in [2.24, 2.45) is 0 Å². The molecule has 0 aliphatic carbocycles. The van der Waals surface area contributed by atoms with Gasteiger partial charge in [-0.25, -0.2) is 0 Å². The molecule has 1 aromatic rings. The zero-order valence-corrected chi connectivity index (χ0v) is 13.0. The van der Waals surface area contributed by atoms with Gasteiger partial charge < -0.3 is 5.32 Å². The number of hydrogen-bond donors (Lipinski definition) is 1. The molecule has 0 aliphatic heterocycles. The van der Waals surface area contributed by atoms with E-state index < -0.39 is 0 Å². The van der Waals surface area contributed by atoms with Gasteiger partial charge in [0.25, 0.3) is 0 Å². The van der Waals surface area contributed by atoms with Crippen LogP contribution in [0.25, 0.3) is 0 Å². The highest BCUT2D eigenvalue weighted by molar-refractivity contribution is 8.00. The van der Waals surface area contributed by atoms with Gasteiger partial charge in [0.1, 0.15) is 0 Å². The molecule has 0 fully saturated rings. The van der Waals surface area contributed by atoms with E-state index in [2.05, 4.69) is 57.3 Å². The fourth-order valence-corrected chi connectivity index (χ4v) is 3.07. The first kappa shape index (κ1) is 15.6. The lowest BCUT2D eigenvalue weighted by Gasteiger charge is -2.21. The number of benzene rings is 1. The van der Waals surface area contributed by atoms with Crippen LogP contribution in [-0.4, -0.2) is 11.8 Å². The highest BCUT2D eigenvalue weighted by atomic mass is 32.2. The van der Waals surface area contributed by atoms with Crippen LogP contribution < -0.4 is 5.32 Å². The molecule has 102 valence electrons. The number of rotatable bonds is 8. The first-order valence-electron chi connectivity index (χ1n) is 7.21. The molecule has 0 heterocycles. The van der Waals surface area contributed by atoms with E-state index >= 15 is 0 Å². The Balaban J connectivity index is 2.84. The molecule has 0 bridgehead atoms. The van der Waals surface area contributed by atoms with Crippen LogP contribution >= 0.6 is 11.8 Å². The van der Waals surface area contributed by atoms with Gasteiger partial charge in [0.05, 0.1) is 0 Å². The summed E-state index contributed by atoms with van der Waals surface area (Å²) in [6.45, 7) is 10.1. The van der Waals surface area contributed by atoms with Gasteiger partial charge >= 0.3 is 0 Å². The Bertz CT molecular complexity index is 338. The van der Waals surface area contributed by atoms with Crippen molar-refractivity contribution in [3.8, 4) is 0 Å². The molecule has 18 heavy (non-hydrogen) atoms. The molecule has 2 atom stereocenters. The van der Waals surface area contributed by atoms with Crippen molar-refractivity contribution < 1.29 is 0 Å². The smallest absolute Gasteiger partial charge is 0.0328 e. The van der Waals surface area contributed by atoms with Crippen molar-refractivity contribution in [2.45, 2.75) is 63.1 Å². The predicted octanol–water partition coefficient (Wildman–Crippen LogP) is 5.03. The molecular weight excluding hydrogens is 238 g/mol. The molecule has 1 aromatic carbocycles. The third kappa shape index (κ3) is 4.66. The van der Waals surface area contributed by atoms with Crippen LogP contribution in [0, 0.1) is 0 Å². The zero-order chi connectivity index (χ0) is 13.4. The van der Waals surface area contributed by atoms with Crippen molar-refractivity contribution in [3.05, 3.63) is 29.8 Å². The van der Waals surface area contributed by atoms with E-state index in [4.69, 9.17) is 0 Å². The minimum Gasteiger partial charge on any atom is -0.310 e. The minimum absolute atomic E-state index is 0.498. The van der Waals surface area contributed by atoms with Crippen LogP contribution in [0.3, 0.4) is 0 Å². The van der Waals surface area contributed by atoms with E-state index in [0.717, 1.165) is 13.0 Å². The molecule has 0 saturated heterocycles. The Morgan fingerprint density at radius 1 is 1.11 bits per heavy atom. The summed E-state index contributed by atoms with van der Waals surface area (Å²) < 4.78 is 0. The SMILES string of the molecule is CCCNC(CC)c1ccccc1SC(C)CC. The van der Waals surface area contributed by atoms with Gasteiger partial charge in [-0.2, -0.15) is 0 Å². The number of thioether (sulfide) groups is 1. The second-order valence-corrected chi connectivity index (χ2v) is 6.27. The molecule has 0 aliphatic rings. The Kier molecular flexibility index (Phi) is 7.45. The van der Waals surface area contributed by atoms with E-state index in [1.54, 1.807) is 0 Å². The molecular formula is C16H27NS. The van der Waals surface area contributed by atoms with Gasteiger partial charge in [-0.1, -0.05) is 45.9 Å². The highest BCUT2D eigenvalue weighted by Gasteiger charge is 2.14. The summed E-state index contributed by atoms with van der Waals surface area (Å²) in [6.07, 6.45) is 3.56. The molecule has 2 unspecified atom stereocenters. The molecule has 0 aromatic heterocycles. The van der Waals surface area contributed by atoms with E-state index in [1.165, 1.54) is 23.3 Å². The second-order valence-electron chi connectivity index (χ2n) is 4.79. The molecule has 1 N–H and O–H groups in total. The first-order valence-corrected chi connectivity index (χ1v) is 8.09. The fourth-order valence-electron chi connectivity index (χ4n) is 1.97. The zero-order valence-electron chi connectivity index (χ0n) is 12.2. The Labute approximate surface area is 117 Å². The van der Waals surface area contributed by atoms with Crippen molar-refractivity contribution in [1.29, 1.82) is 0 Å². The van der Waals surface area contributed by atoms with E-state index in [9.17, 15) is 0 Å². The maximum atomic E-state index is 3.65. The molecule has 0 amide bonds. The Morgan fingerprint density at radius 2 is 1.83 bits per heavy atom. The van der Waals surface area contributed by atoms with E-state index in [-0.39, 0.29) is 0 Å². The maximum absolute atomic E-state index is 3.65. The summed E-state index contributed by atoms with van der Waals surface area (Å²) in [7, 11) is 0. The number of nitrogens with one attached hydrogen (secondary N) is 1. The largest absolute Gasteiger partial charge is 0.310 e. The molecule has 0 radical (unpaired) electrons. The van der Waals surface area contributed by atoms with Crippen molar-refractivity contribution in [1.82, 2.24) is 5.32 Å². The third-order valence-corrected chi connectivity index (χ3v) is 4.61. The minimum atomic E-state index is 0.498. The van der Waals surface area contributed by atoms with Crippen LogP contribution in [0.4, 0.5) is 0 Å². The van der Waals surface area contributed by atoms with Crippen LogP contribution in [0.5, 0.6) is 0 Å². The average molecular weight is 265 g/mol. The van der Waals surface area contributed by atoms with Gasteiger partial charge in [-0.05, 0) is 37.4 Å². The van der Waals surface area contributed by atoms with Crippen LogP contribution in [0.15, 0.2) is 29.2 Å². The lowest BCUT2D eigenvalue weighted by atomic mass is 10.0. The van der Waals surface area contributed by atoms with E-state index in [1.807, 2.05) is 11.8 Å². The summed E-state index contributed by atoms with van der Waals surface area (Å²) in [4.78, 5) is 1.45. The first-order chi connectivity index (χ1) is 8.72. The standard InChI is InChI=1S/C16H27NS/c1-5-12-17-15(7-3)14-10-8-9-11-16(14)18-13(4)6-2/h8-11,13,15,17H,5-7,12H2,1-4H3. The van der Waals surface area contributed by atoms with Gasteiger partial charge in [0.15, 0.2) is 0 Å². The second kappa shape index (κ2) is 8.60. The average Bonchev–Trinajstić information content (AvgIpc) is 2.41. The van der Waals surface area contributed by atoms with Gasteiger partial charge in [-0.3, -0.25) is 0 Å². The highest BCUT2D eigenvalue weighted by Crippen LogP contribution is 2.32. The summed E-state index contributed by atoms with van der Waals surface area (Å²) >= 11 is 2.01. The molecule has 0 spiro atoms. The van der Waals surface area contributed by atoms with Crippen LogP contribution in [0.1, 0.15) is 58.6 Å². The molecule has 0 saturated carbocycles. The van der Waals surface area contributed by atoms with Gasteiger partial charge in [-0.15, -0.1) is 11.8 Å². The topological polar surface area (TPSA) is 12.0 Å². The summed E-state index contributed by atoms with van der Waals surface area (Å²) in [5.74, 6) is 0. The quantitative estimate of drug-likeness (QED) is 0.662. The lowest BCUT2D eigenvalue weighted by molar-refractivity contribution is 0.512. The van der Waals surface area contributed by atoms with Gasteiger partial charge in [0, 0.05) is 16.2 Å².